The van der Waals surface area contributed by atoms with Crippen molar-refractivity contribution in [2.45, 2.75) is 19.0 Å². The van der Waals surface area contributed by atoms with E-state index in [0.29, 0.717) is 44.8 Å². The summed E-state index contributed by atoms with van der Waals surface area (Å²) in [7, 11) is 0. The summed E-state index contributed by atoms with van der Waals surface area (Å²) < 4.78 is 38.2. The van der Waals surface area contributed by atoms with E-state index < -0.39 is 11.7 Å². The van der Waals surface area contributed by atoms with Crippen molar-refractivity contribution in [2.24, 2.45) is 5.92 Å². The molecule has 0 atom stereocenters. The van der Waals surface area contributed by atoms with Crippen LogP contribution < -0.4 is 19.8 Å². The Balaban J connectivity index is 1.28. The number of halogens is 3. The molecule has 4 rings (SSSR count). The molecule has 0 spiro atoms. The van der Waals surface area contributed by atoms with Crippen molar-refractivity contribution in [1.82, 2.24) is 4.90 Å². The summed E-state index contributed by atoms with van der Waals surface area (Å²) in [6.45, 7) is 4.36. The zero-order chi connectivity index (χ0) is 21.1. The second-order valence-electron chi connectivity index (χ2n) is 7.79. The Kier molecular flexibility index (Phi) is 5.78. The molecule has 0 bridgehead atoms. The summed E-state index contributed by atoms with van der Waals surface area (Å²) in [5.74, 6) is 0.836. The van der Waals surface area contributed by atoms with Crippen LogP contribution in [0.25, 0.3) is 0 Å². The Morgan fingerprint density at radius 1 is 0.900 bits per heavy atom. The van der Waals surface area contributed by atoms with Crippen LogP contribution in [0, 0.1) is 5.92 Å². The molecular formula is C21H26F3N5O+2. The first kappa shape index (κ1) is 20.4. The maximum Gasteiger partial charge on any atom is 0.419 e. The number of rotatable bonds is 3. The second-order valence-corrected chi connectivity index (χ2v) is 7.79. The van der Waals surface area contributed by atoms with E-state index >= 15 is 0 Å². The highest BCUT2D eigenvalue weighted by Crippen LogP contribution is 2.29. The van der Waals surface area contributed by atoms with Crippen molar-refractivity contribution < 1.29 is 27.9 Å². The lowest BCUT2D eigenvalue weighted by Gasteiger charge is -2.38. The van der Waals surface area contributed by atoms with Crippen molar-refractivity contribution in [3.63, 3.8) is 0 Å². The van der Waals surface area contributed by atoms with Gasteiger partial charge in [0.05, 0.1) is 18.7 Å². The van der Waals surface area contributed by atoms with E-state index in [1.165, 1.54) is 6.07 Å². The molecule has 1 amide bonds. The van der Waals surface area contributed by atoms with Gasteiger partial charge in [-0.2, -0.15) is 13.2 Å². The number of carbonyl (C=O) groups is 1. The average Bonchev–Trinajstić information content (AvgIpc) is 2.79. The number of hydrogen-bond donors (Lipinski definition) is 0. The van der Waals surface area contributed by atoms with Gasteiger partial charge in [-0.25, -0.2) is 9.97 Å². The van der Waals surface area contributed by atoms with Gasteiger partial charge in [0.25, 0.3) is 5.82 Å². The molecule has 2 aromatic heterocycles. The van der Waals surface area contributed by atoms with E-state index in [0.717, 1.165) is 31.0 Å². The first-order chi connectivity index (χ1) is 14.4. The smallest absolute Gasteiger partial charge is 0.368 e. The predicted molar refractivity (Wildman–Crippen MR) is 105 cm³/mol. The minimum Gasteiger partial charge on any atom is -0.368 e. The molecule has 160 valence electrons. The lowest BCUT2D eigenvalue weighted by molar-refractivity contribution is -0.377. The number of hydrogen-bond acceptors (Lipinski definition) is 3. The van der Waals surface area contributed by atoms with E-state index in [1.807, 2.05) is 34.3 Å². The highest BCUT2D eigenvalue weighted by molar-refractivity contribution is 5.79. The van der Waals surface area contributed by atoms with Gasteiger partial charge in [-0.05, 0) is 18.9 Å². The Morgan fingerprint density at radius 3 is 2.13 bits per heavy atom. The normalized spacial score (nSPS) is 18.6. The van der Waals surface area contributed by atoms with Crippen molar-refractivity contribution in [3.05, 3.63) is 48.4 Å². The van der Waals surface area contributed by atoms with E-state index in [4.69, 9.17) is 0 Å². The first-order valence-corrected chi connectivity index (χ1v) is 10.3. The van der Waals surface area contributed by atoms with Crippen LogP contribution in [-0.2, 0) is 11.0 Å². The second kappa shape index (κ2) is 8.49. The number of alkyl halides is 3. The standard InChI is InChI=1S/C21H24F3N5O/c22-21(23,24)17-1-2-19(26-15-17)28-9-5-16(6-10-28)20(30)29-13-11-27(12-14-29)18-3-7-25-8-4-18/h1-4,7-8,15-16H,5-6,9-14H2/p+2. The molecule has 2 saturated heterocycles. The fourth-order valence-electron chi connectivity index (χ4n) is 4.19. The number of aromatic nitrogens is 2. The molecule has 2 fully saturated rings. The summed E-state index contributed by atoms with van der Waals surface area (Å²) >= 11 is 0. The predicted octanol–water partition coefficient (Wildman–Crippen LogP) is 1.90. The van der Waals surface area contributed by atoms with Crippen LogP contribution in [0.3, 0.4) is 0 Å². The average molecular weight is 421 g/mol. The van der Waals surface area contributed by atoms with E-state index in [-0.39, 0.29) is 11.8 Å². The lowest BCUT2D eigenvalue weighted by atomic mass is 9.95. The maximum atomic E-state index is 12.9. The van der Waals surface area contributed by atoms with E-state index in [1.54, 1.807) is 0 Å². The van der Waals surface area contributed by atoms with Crippen LogP contribution in [0.4, 0.5) is 24.7 Å². The van der Waals surface area contributed by atoms with Gasteiger partial charge in [0, 0.05) is 56.0 Å². The number of carbonyl (C=O) groups excluding carboxylic acids is 1. The molecule has 6 nitrogen and oxygen atoms in total. The molecule has 9 heteroatoms. The lowest BCUT2D eigenvalue weighted by Crippen LogP contribution is -2.52. The van der Waals surface area contributed by atoms with E-state index in [9.17, 15) is 18.0 Å². The fourth-order valence-corrected chi connectivity index (χ4v) is 4.19. The highest BCUT2D eigenvalue weighted by Gasteiger charge is 2.35. The molecule has 0 aromatic carbocycles. The quantitative estimate of drug-likeness (QED) is 0.761. The third-order valence-electron chi connectivity index (χ3n) is 5.97. The van der Waals surface area contributed by atoms with E-state index in [2.05, 4.69) is 14.9 Å². The number of pyridine rings is 2. The molecule has 0 radical (unpaired) electrons. The number of H-pyrrole nitrogens is 2. The maximum absolute atomic E-state index is 12.9. The Hall–Kier alpha value is -2.84. The topological polar surface area (TPSA) is 55.1 Å². The molecule has 0 aliphatic carbocycles. The van der Waals surface area contributed by atoms with Gasteiger partial charge in [-0.3, -0.25) is 9.69 Å². The van der Waals surface area contributed by atoms with Crippen LogP contribution in [0.5, 0.6) is 0 Å². The van der Waals surface area contributed by atoms with Gasteiger partial charge in [0.1, 0.15) is 6.20 Å². The van der Waals surface area contributed by atoms with Gasteiger partial charge in [0.15, 0.2) is 12.4 Å². The molecule has 2 N–H and O–H groups in total. The van der Waals surface area contributed by atoms with Crippen LogP contribution in [-0.4, -0.2) is 50.1 Å². The number of piperidine rings is 1. The number of piperazine rings is 1. The minimum atomic E-state index is -4.35. The van der Waals surface area contributed by atoms with Crippen LogP contribution in [0.15, 0.2) is 42.9 Å². The summed E-state index contributed by atoms with van der Waals surface area (Å²) in [5, 5.41) is 0. The largest absolute Gasteiger partial charge is 0.419 e. The monoisotopic (exact) mass is 421 g/mol. The minimum absolute atomic E-state index is 0.0198. The molecule has 2 aliphatic heterocycles. The zero-order valence-electron chi connectivity index (χ0n) is 16.7. The molecule has 0 unspecified atom stereocenters. The van der Waals surface area contributed by atoms with Gasteiger partial charge >= 0.3 is 6.18 Å². The molecule has 2 aromatic rings. The number of anilines is 2. The van der Waals surface area contributed by atoms with Crippen molar-refractivity contribution in [1.29, 1.82) is 0 Å². The molecule has 2 aliphatic rings. The van der Waals surface area contributed by atoms with Crippen molar-refractivity contribution in [3.8, 4) is 0 Å². The highest BCUT2D eigenvalue weighted by atomic mass is 19.4. The Morgan fingerprint density at radius 2 is 1.57 bits per heavy atom. The van der Waals surface area contributed by atoms with Crippen LogP contribution >= 0.6 is 0 Å². The summed E-state index contributed by atoms with van der Waals surface area (Å²) in [5.41, 5.74) is 0.464. The SMILES string of the molecule is O=C(C1CCN(c2ccc(C(F)(F)F)c[nH+]2)CC1)N1CCN(c2cc[nH+]cc2)CC1. The molecule has 30 heavy (non-hydrogen) atoms. The Labute approximate surface area is 173 Å². The van der Waals surface area contributed by atoms with Crippen LogP contribution in [0.1, 0.15) is 18.4 Å². The molecule has 4 heterocycles. The van der Waals surface area contributed by atoms with Gasteiger partial charge in [-0.1, -0.05) is 0 Å². The zero-order valence-corrected chi connectivity index (χ0v) is 16.7. The number of nitrogens with one attached hydrogen (secondary N) is 2. The third-order valence-corrected chi connectivity index (χ3v) is 5.97. The summed E-state index contributed by atoms with van der Waals surface area (Å²) in [6, 6.07) is 6.62. The van der Waals surface area contributed by atoms with Crippen molar-refractivity contribution >= 4 is 17.4 Å². The number of nitrogens with zero attached hydrogens (tertiary/aromatic N) is 3. The van der Waals surface area contributed by atoms with Gasteiger partial charge in [0.2, 0.25) is 5.91 Å². The first-order valence-electron chi connectivity index (χ1n) is 10.3. The molecular weight excluding hydrogens is 395 g/mol. The fraction of sp³-hybridized carbons (Fsp3) is 0.476. The number of aromatic amines is 2. The summed E-state index contributed by atoms with van der Waals surface area (Å²) in [4.78, 5) is 24.9. The number of amides is 1. The van der Waals surface area contributed by atoms with Gasteiger partial charge in [-0.15, -0.1) is 0 Å². The van der Waals surface area contributed by atoms with Gasteiger partial charge < -0.3 is 9.80 Å². The van der Waals surface area contributed by atoms with Crippen LogP contribution in [0.2, 0.25) is 0 Å². The van der Waals surface area contributed by atoms with Crippen molar-refractivity contribution in [2.75, 3.05) is 49.1 Å². The summed E-state index contributed by atoms with van der Waals surface area (Å²) in [6.07, 6.45) is 1.86. The molecule has 0 saturated carbocycles. The Bertz CT molecular complexity index is 843. The third kappa shape index (κ3) is 4.49.